The molecule has 0 spiro atoms. The van der Waals surface area contributed by atoms with Gasteiger partial charge in [0.1, 0.15) is 5.82 Å². The number of pyridine rings is 1. The van der Waals surface area contributed by atoms with Crippen LogP contribution in [0, 0.1) is 6.92 Å². The van der Waals surface area contributed by atoms with Gasteiger partial charge in [-0.1, -0.05) is 46.3 Å². The highest BCUT2D eigenvalue weighted by atomic mass is 79.9. The van der Waals surface area contributed by atoms with Gasteiger partial charge in [0.2, 0.25) is 0 Å². The van der Waals surface area contributed by atoms with E-state index < -0.39 is 0 Å². The smallest absolute Gasteiger partial charge is 0.137 e. The van der Waals surface area contributed by atoms with E-state index in [4.69, 9.17) is 0 Å². The first-order chi connectivity index (χ1) is 10.2. The third-order valence-corrected chi connectivity index (χ3v) is 4.25. The van der Waals surface area contributed by atoms with E-state index in [2.05, 4.69) is 87.0 Å². The molecule has 0 aliphatic heterocycles. The first-order valence-electron chi connectivity index (χ1n) is 6.86. The lowest BCUT2D eigenvalue weighted by Gasteiger charge is -2.07. The number of para-hydroxylation sites is 1. The Morgan fingerprint density at radius 2 is 1.71 bits per heavy atom. The van der Waals surface area contributed by atoms with E-state index in [1.54, 1.807) is 0 Å². The van der Waals surface area contributed by atoms with Gasteiger partial charge in [0.25, 0.3) is 0 Å². The maximum Gasteiger partial charge on any atom is 0.137 e. The fourth-order valence-corrected chi connectivity index (χ4v) is 3.13. The molecule has 3 heteroatoms. The van der Waals surface area contributed by atoms with Crippen molar-refractivity contribution in [2.45, 2.75) is 6.92 Å². The number of benzene rings is 2. The Bertz CT molecular complexity index is 952. The van der Waals surface area contributed by atoms with Crippen LogP contribution in [0.5, 0.6) is 0 Å². The molecule has 2 aromatic heterocycles. The molecule has 2 nitrogen and oxygen atoms in total. The zero-order chi connectivity index (χ0) is 14.4. The second kappa shape index (κ2) is 4.71. The van der Waals surface area contributed by atoms with E-state index in [0.717, 1.165) is 10.3 Å². The summed E-state index contributed by atoms with van der Waals surface area (Å²) in [4.78, 5) is 4.60. The first-order valence-corrected chi connectivity index (χ1v) is 7.65. The molecule has 0 N–H and O–H groups in total. The lowest BCUT2D eigenvalue weighted by molar-refractivity contribution is 1.07. The second-order valence-corrected chi connectivity index (χ2v) is 6.12. The molecule has 2 aromatic carbocycles. The summed E-state index contributed by atoms with van der Waals surface area (Å²) in [6.45, 7) is 2.05. The van der Waals surface area contributed by atoms with Crippen LogP contribution >= 0.6 is 15.9 Å². The number of hydrogen-bond donors (Lipinski definition) is 0. The van der Waals surface area contributed by atoms with Crippen LogP contribution in [-0.2, 0) is 0 Å². The van der Waals surface area contributed by atoms with Crippen molar-refractivity contribution < 1.29 is 0 Å². The Labute approximate surface area is 131 Å². The lowest BCUT2D eigenvalue weighted by atomic mass is 10.2. The van der Waals surface area contributed by atoms with Gasteiger partial charge in [-0.05, 0) is 36.8 Å². The summed E-state index contributed by atoms with van der Waals surface area (Å²) in [5.41, 5.74) is 3.52. The number of halogens is 1. The summed E-state index contributed by atoms with van der Waals surface area (Å²) in [5.74, 6) is 0.949. The summed E-state index contributed by atoms with van der Waals surface area (Å²) < 4.78 is 3.29. The van der Waals surface area contributed by atoms with Crippen LogP contribution in [0.25, 0.3) is 27.6 Å². The van der Waals surface area contributed by atoms with E-state index in [9.17, 15) is 0 Å². The van der Waals surface area contributed by atoms with Crippen LogP contribution in [0.4, 0.5) is 0 Å². The highest BCUT2D eigenvalue weighted by Crippen LogP contribution is 2.32. The summed E-state index contributed by atoms with van der Waals surface area (Å²) >= 11 is 3.57. The largest absolute Gasteiger partial charge is 0.294 e. The van der Waals surface area contributed by atoms with Crippen molar-refractivity contribution in [3.05, 3.63) is 70.8 Å². The monoisotopic (exact) mass is 336 g/mol. The Hall–Kier alpha value is -2.13. The molecular weight excluding hydrogens is 324 g/mol. The molecule has 21 heavy (non-hydrogen) atoms. The van der Waals surface area contributed by atoms with Crippen molar-refractivity contribution in [3.8, 4) is 5.82 Å². The normalized spacial score (nSPS) is 11.3. The topological polar surface area (TPSA) is 17.8 Å². The lowest BCUT2D eigenvalue weighted by Crippen LogP contribution is -1.96. The predicted molar refractivity (Wildman–Crippen MR) is 91.0 cm³/mol. The molecule has 102 valence electrons. The van der Waals surface area contributed by atoms with Crippen LogP contribution in [0.2, 0.25) is 0 Å². The van der Waals surface area contributed by atoms with Crippen LogP contribution < -0.4 is 0 Å². The molecule has 2 heterocycles. The molecule has 0 aliphatic carbocycles. The van der Waals surface area contributed by atoms with Crippen molar-refractivity contribution in [1.82, 2.24) is 9.55 Å². The van der Waals surface area contributed by atoms with Crippen molar-refractivity contribution in [3.63, 3.8) is 0 Å². The van der Waals surface area contributed by atoms with E-state index in [1.807, 2.05) is 6.20 Å². The third-order valence-electron chi connectivity index (χ3n) is 3.76. The minimum Gasteiger partial charge on any atom is -0.294 e. The Morgan fingerprint density at radius 1 is 0.905 bits per heavy atom. The number of hydrogen-bond acceptors (Lipinski definition) is 1. The van der Waals surface area contributed by atoms with Crippen molar-refractivity contribution in [2.75, 3.05) is 0 Å². The molecule has 0 radical (unpaired) electrons. The van der Waals surface area contributed by atoms with Crippen molar-refractivity contribution >= 4 is 37.7 Å². The summed E-state index contributed by atoms with van der Waals surface area (Å²) in [7, 11) is 0. The van der Waals surface area contributed by atoms with Gasteiger partial charge in [-0.25, -0.2) is 4.98 Å². The Balaban J connectivity index is 2.18. The summed E-state index contributed by atoms with van der Waals surface area (Å²) in [5, 5.41) is 2.50. The second-order valence-electron chi connectivity index (χ2n) is 5.21. The van der Waals surface area contributed by atoms with Gasteiger partial charge >= 0.3 is 0 Å². The van der Waals surface area contributed by atoms with Crippen molar-refractivity contribution in [1.29, 1.82) is 0 Å². The average molecular weight is 337 g/mol. The number of rotatable bonds is 1. The molecule has 0 atom stereocenters. The third kappa shape index (κ3) is 1.96. The van der Waals surface area contributed by atoms with Gasteiger partial charge in [-0.3, -0.25) is 4.57 Å². The summed E-state index contributed by atoms with van der Waals surface area (Å²) in [6.07, 6.45) is 1.91. The van der Waals surface area contributed by atoms with Crippen LogP contribution in [0.15, 0.2) is 65.3 Å². The Kier molecular flexibility index (Phi) is 2.82. The van der Waals surface area contributed by atoms with Gasteiger partial charge in [-0.15, -0.1) is 0 Å². The van der Waals surface area contributed by atoms with Gasteiger partial charge in [-0.2, -0.15) is 0 Å². The highest BCUT2D eigenvalue weighted by Gasteiger charge is 2.12. The number of nitrogens with zero attached hydrogens (tertiary/aromatic N) is 2. The highest BCUT2D eigenvalue weighted by molar-refractivity contribution is 9.10. The molecule has 4 rings (SSSR count). The minimum atomic E-state index is 0.949. The van der Waals surface area contributed by atoms with E-state index in [-0.39, 0.29) is 0 Å². The number of aryl methyl sites for hydroxylation is 1. The maximum atomic E-state index is 4.60. The van der Waals surface area contributed by atoms with E-state index >= 15 is 0 Å². The summed E-state index contributed by atoms with van der Waals surface area (Å²) in [6, 6.07) is 19.0. The Morgan fingerprint density at radius 3 is 2.52 bits per heavy atom. The average Bonchev–Trinajstić information content (AvgIpc) is 2.82. The van der Waals surface area contributed by atoms with Crippen LogP contribution in [0.1, 0.15) is 5.56 Å². The first kappa shape index (κ1) is 12.6. The van der Waals surface area contributed by atoms with Crippen LogP contribution in [-0.4, -0.2) is 9.55 Å². The van der Waals surface area contributed by atoms with Gasteiger partial charge in [0, 0.05) is 21.4 Å². The van der Waals surface area contributed by atoms with E-state index in [0.29, 0.717) is 0 Å². The van der Waals surface area contributed by atoms with Gasteiger partial charge in [0.05, 0.1) is 11.0 Å². The van der Waals surface area contributed by atoms with Gasteiger partial charge < -0.3 is 0 Å². The number of aromatic nitrogens is 2. The van der Waals surface area contributed by atoms with Gasteiger partial charge in [0.15, 0.2) is 0 Å². The molecule has 0 aliphatic rings. The zero-order valence-electron chi connectivity index (χ0n) is 11.5. The molecule has 4 aromatic rings. The van der Waals surface area contributed by atoms with E-state index in [1.165, 1.54) is 27.4 Å². The molecule has 0 amide bonds. The SMILES string of the molecule is Cc1ccc(-n2c3ccccc3c3ccc(Br)cc32)nc1. The zero-order valence-corrected chi connectivity index (χ0v) is 13.1. The standard InChI is InChI=1S/C18H13BrN2/c1-12-6-9-18(20-11-12)21-16-5-3-2-4-14(16)15-8-7-13(19)10-17(15)21/h2-11H,1H3. The molecule has 0 bridgehead atoms. The molecule has 0 fully saturated rings. The quantitative estimate of drug-likeness (QED) is 0.464. The molecule has 0 saturated heterocycles. The minimum absolute atomic E-state index is 0.949. The van der Waals surface area contributed by atoms with Crippen molar-refractivity contribution in [2.24, 2.45) is 0 Å². The fraction of sp³-hybridized carbons (Fsp3) is 0.0556. The van der Waals surface area contributed by atoms with Crippen LogP contribution in [0.3, 0.4) is 0 Å². The molecule has 0 unspecified atom stereocenters. The number of fused-ring (bicyclic) bond motifs is 3. The molecular formula is C18H13BrN2. The maximum absolute atomic E-state index is 4.60. The molecule has 0 saturated carbocycles. The fourth-order valence-electron chi connectivity index (χ4n) is 2.78. The predicted octanol–water partition coefficient (Wildman–Crippen LogP) is 5.25.